The van der Waals surface area contributed by atoms with Gasteiger partial charge in [-0.15, -0.1) is 0 Å². The fraction of sp³-hybridized carbons (Fsp3) is 0.700. The maximum Gasteiger partial charge on any atom is 0.0950 e. The summed E-state index contributed by atoms with van der Waals surface area (Å²) < 4.78 is 2.23. The van der Waals surface area contributed by atoms with Gasteiger partial charge in [-0.1, -0.05) is 13.3 Å². The van der Waals surface area contributed by atoms with Crippen molar-refractivity contribution in [2.24, 2.45) is 5.73 Å². The Morgan fingerprint density at radius 2 is 2.38 bits per heavy atom. The molecule has 0 amide bonds. The highest BCUT2D eigenvalue weighted by Gasteiger charge is 2.07. The zero-order chi connectivity index (χ0) is 9.68. The molecule has 1 heterocycles. The number of imidazole rings is 1. The summed E-state index contributed by atoms with van der Waals surface area (Å²) in [6, 6.07) is 0.550. The summed E-state index contributed by atoms with van der Waals surface area (Å²) in [5.74, 6) is 0. The average molecular weight is 181 g/mol. The molecule has 3 heteroatoms. The van der Waals surface area contributed by atoms with Gasteiger partial charge in [0.15, 0.2) is 0 Å². The molecule has 1 unspecified atom stereocenters. The van der Waals surface area contributed by atoms with Gasteiger partial charge in [-0.25, -0.2) is 4.98 Å². The van der Waals surface area contributed by atoms with Crippen LogP contribution in [0.4, 0.5) is 0 Å². The van der Waals surface area contributed by atoms with E-state index in [4.69, 9.17) is 5.73 Å². The quantitative estimate of drug-likeness (QED) is 0.752. The van der Waals surface area contributed by atoms with Crippen LogP contribution in [0, 0.1) is 0 Å². The smallest absolute Gasteiger partial charge is 0.0950 e. The molecule has 1 aromatic rings. The zero-order valence-electron chi connectivity index (χ0n) is 8.53. The van der Waals surface area contributed by atoms with Crippen LogP contribution in [0.2, 0.25) is 0 Å². The molecule has 1 atom stereocenters. The van der Waals surface area contributed by atoms with Crippen molar-refractivity contribution in [3.8, 4) is 0 Å². The van der Waals surface area contributed by atoms with Gasteiger partial charge in [0.25, 0.3) is 0 Å². The number of hydrogen-bond donors (Lipinski definition) is 1. The summed E-state index contributed by atoms with van der Waals surface area (Å²) in [5, 5.41) is 0. The third-order valence-corrected chi connectivity index (χ3v) is 2.33. The maximum atomic E-state index is 5.52. The van der Waals surface area contributed by atoms with Gasteiger partial charge >= 0.3 is 0 Å². The molecule has 0 aliphatic heterocycles. The van der Waals surface area contributed by atoms with Gasteiger partial charge in [-0.05, 0) is 19.9 Å². The lowest BCUT2D eigenvalue weighted by molar-refractivity contribution is 0.485. The molecule has 3 nitrogen and oxygen atoms in total. The highest BCUT2D eigenvalue weighted by atomic mass is 15.1. The Morgan fingerprint density at radius 3 is 3.00 bits per heavy atom. The molecule has 1 rings (SSSR count). The SMILES string of the molecule is CCCC(C)n1cncc1CCN. The van der Waals surface area contributed by atoms with Gasteiger partial charge in [-0.3, -0.25) is 0 Å². The largest absolute Gasteiger partial charge is 0.332 e. The van der Waals surface area contributed by atoms with Crippen LogP contribution in [0.1, 0.15) is 38.4 Å². The van der Waals surface area contributed by atoms with Gasteiger partial charge in [0.2, 0.25) is 0 Å². The lowest BCUT2D eigenvalue weighted by atomic mass is 10.2. The van der Waals surface area contributed by atoms with Crippen LogP contribution < -0.4 is 5.73 Å². The number of nitrogens with two attached hydrogens (primary N) is 1. The van der Waals surface area contributed by atoms with Crippen LogP contribution >= 0.6 is 0 Å². The average Bonchev–Trinajstić information content (AvgIpc) is 2.54. The van der Waals surface area contributed by atoms with E-state index in [1.165, 1.54) is 18.5 Å². The summed E-state index contributed by atoms with van der Waals surface area (Å²) in [6.07, 6.45) is 7.16. The summed E-state index contributed by atoms with van der Waals surface area (Å²) in [5.41, 5.74) is 6.77. The number of aromatic nitrogens is 2. The minimum Gasteiger partial charge on any atom is -0.332 e. The Balaban J connectivity index is 2.68. The standard InChI is InChI=1S/C10H19N3/c1-3-4-9(2)13-8-12-7-10(13)5-6-11/h7-9H,3-6,11H2,1-2H3. The van der Waals surface area contributed by atoms with Crippen LogP contribution in [0.5, 0.6) is 0 Å². The molecule has 0 bridgehead atoms. The van der Waals surface area contributed by atoms with Crippen LogP contribution in [0.15, 0.2) is 12.5 Å². The van der Waals surface area contributed by atoms with Gasteiger partial charge in [0.1, 0.15) is 0 Å². The van der Waals surface area contributed by atoms with E-state index in [0.717, 1.165) is 6.42 Å². The molecule has 0 saturated heterocycles. The van der Waals surface area contributed by atoms with E-state index < -0.39 is 0 Å². The minimum absolute atomic E-state index is 0.550. The molecule has 2 N–H and O–H groups in total. The summed E-state index contributed by atoms with van der Waals surface area (Å²) in [6.45, 7) is 5.13. The summed E-state index contributed by atoms with van der Waals surface area (Å²) in [4.78, 5) is 4.15. The van der Waals surface area contributed by atoms with Crippen molar-refractivity contribution in [2.75, 3.05) is 6.54 Å². The van der Waals surface area contributed by atoms with Gasteiger partial charge in [0.05, 0.1) is 6.33 Å². The molecule has 13 heavy (non-hydrogen) atoms. The first-order valence-electron chi connectivity index (χ1n) is 5.00. The highest BCUT2D eigenvalue weighted by Crippen LogP contribution is 2.15. The molecule has 0 aromatic carbocycles. The van der Waals surface area contributed by atoms with E-state index in [1.54, 1.807) is 0 Å². The third-order valence-electron chi connectivity index (χ3n) is 2.33. The summed E-state index contributed by atoms with van der Waals surface area (Å²) >= 11 is 0. The van der Waals surface area contributed by atoms with Gasteiger partial charge in [0, 0.05) is 24.4 Å². The molecule has 0 fully saturated rings. The molecule has 0 radical (unpaired) electrons. The first kappa shape index (κ1) is 10.3. The van der Waals surface area contributed by atoms with Crippen LogP contribution in [-0.4, -0.2) is 16.1 Å². The summed E-state index contributed by atoms with van der Waals surface area (Å²) in [7, 11) is 0. The molecule has 0 aliphatic rings. The van der Waals surface area contributed by atoms with Crippen molar-refractivity contribution in [1.82, 2.24) is 9.55 Å². The third kappa shape index (κ3) is 2.56. The lowest BCUT2D eigenvalue weighted by Gasteiger charge is -2.15. The fourth-order valence-electron chi connectivity index (χ4n) is 1.63. The van der Waals surface area contributed by atoms with Crippen LogP contribution in [0.25, 0.3) is 0 Å². The molecule has 0 spiro atoms. The highest BCUT2D eigenvalue weighted by molar-refractivity contribution is 5.00. The predicted molar refractivity (Wildman–Crippen MR) is 54.6 cm³/mol. The Morgan fingerprint density at radius 1 is 1.62 bits per heavy atom. The van der Waals surface area contributed by atoms with Gasteiger partial charge in [-0.2, -0.15) is 0 Å². The van der Waals surface area contributed by atoms with Crippen LogP contribution in [-0.2, 0) is 6.42 Å². The molecule has 1 aromatic heterocycles. The van der Waals surface area contributed by atoms with Crippen molar-refractivity contribution in [1.29, 1.82) is 0 Å². The molecule has 74 valence electrons. The maximum absolute atomic E-state index is 5.52. The van der Waals surface area contributed by atoms with Crippen molar-refractivity contribution in [3.05, 3.63) is 18.2 Å². The van der Waals surface area contributed by atoms with Crippen molar-refractivity contribution in [2.45, 2.75) is 39.2 Å². The Bertz CT molecular complexity index is 242. The topological polar surface area (TPSA) is 43.8 Å². The van der Waals surface area contributed by atoms with Gasteiger partial charge < -0.3 is 10.3 Å². The molecular formula is C10H19N3. The Hall–Kier alpha value is -0.830. The first-order chi connectivity index (χ1) is 6.29. The second-order valence-corrected chi connectivity index (χ2v) is 3.47. The number of rotatable bonds is 5. The predicted octanol–water partition coefficient (Wildman–Crippen LogP) is 1.75. The van der Waals surface area contributed by atoms with E-state index in [9.17, 15) is 0 Å². The molecule has 0 aliphatic carbocycles. The second-order valence-electron chi connectivity index (χ2n) is 3.47. The van der Waals surface area contributed by atoms with E-state index in [-0.39, 0.29) is 0 Å². The van der Waals surface area contributed by atoms with E-state index >= 15 is 0 Å². The zero-order valence-corrected chi connectivity index (χ0v) is 8.53. The van der Waals surface area contributed by atoms with Crippen molar-refractivity contribution >= 4 is 0 Å². The van der Waals surface area contributed by atoms with Crippen LogP contribution in [0.3, 0.4) is 0 Å². The lowest BCUT2D eigenvalue weighted by Crippen LogP contribution is -2.11. The van der Waals surface area contributed by atoms with E-state index in [2.05, 4.69) is 23.4 Å². The minimum atomic E-state index is 0.550. The monoisotopic (exact) mass is 181 g/mol. The molecule has 0 saturated carbocycles. The second kappa shape index (κ2) is 5.02. The van der Waals surface area contributed by atoms with E-state index in [0.29, 0.717) is 12.6 Å². The van der Waals surface area contributed by atoms with Crippen molar-refractivity contribution in [3.63, 3.8) is 0 Å². The Kier molecular flexibility index (Phi) is 3.96. The van der Waals surface area contributed by atoms with E-state index in [1.807, 2.05) is 12.5 Å². The first-order valence-corrected chi connectivity index (χ1v) is 5.00. The number of nitrogens with zero attached hydrogens (tertiary/aromatic N) is 2. The normalized spacial score (nSPS) is 13.2. The fourth-order valence-corrected chi connectivity index (χ4v) is 1.63. The Labute approximate surface area is 80.0 Å². The molecular weight excluding hydrogens is 162 g/mol. The number of hydrogen-bond acceptors (Lipinski definition) is 2. The van der Waals surface area contributed by atoms with Crippen molar-refractivity contribution < 1.29 is 0 Å².